The highest BCUT2D eigenvalue weighted by Crippen LogP contribution is 2.56. The molecular formula is C38H38O4. The zero-order valence-corrected chi connectivity index (χ0v) is 25.2. The van der Waals surface area contributed by atoms with Gasteiger partial charge in [0.1, 0.15) is 0 Å². The van der Waals surface area contributed by atoms with Crippen LogP contribution in [0.3, 0.4) is 0 Å². The standard InChI is InChI=1S/C38H38O4/c1-37(2,3)25-17-19-27-29(21-25)32-30-22-26(38(4,5)6)18-20-28(30)31(27)33(41-35(39)23-13-9-7-10-14-23)34(32)42-36(40)24-15-11-8-12-16-24/h7-22,31-34H,1-6H3/t31-,32-,33?,34?. The van der Waals surface area contributed by atoms with Crippen molar-refractivity contribution in [2.24, 2.45) is 0 Å². The quantitative estimate of drug-likeness (QED) is 0.236. The van der Waals surface area contributed by atoms with E-state index in [9.17, 15) is 9.59 Å². The predicted octanol–water partition coefficient (Wildman–Crippen LogP) is 8.32. The Morgan fingerprint density at radius 1 is 0.500 bits per heavy atom. The molecule has 0 aliphatic heterocycles. The first-order chi connectivity index (χ1) is 19.9. The SMILES string of the molecule is CC(C)(C)c1ccc2c(c1)[C@H]1c3cc(C(C)(C)C)ccc3[C@H]2C(OC(=O)c2ccccc2)C1OC(=O)c1ccccc1. The number of esters is 2. The first-order valence-electron chi connectivity index (χ1n) is 14.7. The maximum Gasteiger partial charge on any atom is 0.338 e. The molecule has 4 aromatic rings. The van der Waals surface area contributed by atoms with Crippen LogP contribution in [0.5, 0.6) is 0 Å². The smallest absolute Gasteiger partial charge is 0.338 e. The van der Waals surface area contributed by atoms with Crippen molar-refractivity contribution in [1.82, 2.24) is 0 Å². The van der Waals surface area contributed by atoms with E-state index in [4.69, 9.17) is 9.47 Å². The molecule has 0 spiro atoms. The Morgan fingerprint density at radius 2 is 0.857 bits per heavy atom. The van der Waals surface area contributed by atoms with Gasteiger partial charge >= 0.3 is 11.9 Å². The van der Waals surface area contributed by atoms with E-state index in [0.29, 0.717) is 11.1 Å². The lowest BCUT2D eigenvalue weighted by atomic mass is 9.59. The molecule has 2 bridgehead atoms. The van der Waals surface area contributed by atoms with Gasteiger partial charge in [-0.1, -0.05) is 114 Å². The number of benzene rings is 4. The van der Waals surface area contributed by atoms with Crippen LogP contribution >= 0.6 is 0 Å². The van der Waals surface area contributed by atoms with Crippen molar-refractivity contribution in [3.8, 4) is 0 Å². The summed E-state index contributed by atoms with van der Waals surface area (Å²) in [4.78, 5) is 27.1. The largest absolute Gasteiger partial charge is 0.454 e. The van der Waals surface area contributed by atoms with Crippen LogP contribution in [-0.2, 0) is 20.3 Å². The molecule has 214 valence electrons. The van der Waals surface area contributed by atoms with E-state index < -0.39 is 24.1 Å². The molecule has 0 saturated carbocycles. The van der Waals surface area contributed by atoms with Crippen molar-refractivity contribution in [3.63, 3.8) is 0 Å². The third kappa shape index (κ3) is 4.93. The number of fused-ring (bicyclic) bond motifs is 1. The second-order valence-corrected chi connectivity index (χ2v) is 13.6. The van der Waals surface area contributed by atoms with Gasteiger partial charge in [-0.25, -0.2) is 9.59 Å². The topological polar surface area (TPSA) is 52.6 Å². The Hall–Kier alpha value is -4.18. The molecule has 3 aliphatic rings. The van der Waals surface area contributed by atoms with Crippen LogP contribution in [0.1, 0.15) is 107 Å². The zero-order valence-electron chi connectivity index (χ0n) is 25.2. The van der Waals surface area contributed by atoms with E-state index in [1.165, 1.54) is 11.1 Å². The summed E-state index contributed by atoms with van der Waals surface area (Å²) in [5, 5.41) is 0. The fourth-order valence-corrected chi connectivity index (χ4v) is 6.41. The highest BCUT2D eigenvalue weighted by molar-refractivity contribution is 5.91. The monoisotopic (exact) mass is 558 g/mol. The van der Waals surface area contributed by atoms with Crippen LogP contribution < -0.4 is 0 Å². The van der Waals surface area contributed by atoms with E-state index in [1.54, 1.807) is 24.3 Å². The molecule has 0 heterocycles. The van der Waals surface area contributed by atoms with Crippen LogP contribution in [-0.4, -0.2) is 24.1 Å². The molecule has 2 unspecified atom stereocenters. The Morgan fingerprint density at radius 3 is 1.21 bits per heavy atom. The van der Waals surface area contributed by atoms with E-state index in [2.05, 4.69) is 77.9 Å². The van der Waals surface area contributed by atoms with Crippen molar-refractivity contribution >= 4 is 11.9 Å². The molecular weight excluding hydrogens is 520 g/mol. The first kappa shape index (κ1) is 28.0. The molecule has 7 rings (SSSR count). The van der Waals surface area contributed by atoms with E-state index >= 15 is 0 Å². The van der Waals surface area contributed by atoms with Gasteiger partial charge in [0.25, 0.3) is 0 Å². The van der Waals surface area contributed by atoms with Crippen LogP contribution in [0, 0.1) is 0 Å². The average molecular weight is 559 g/mol. The van der Waals surface area contributed by atoms with Crippen LogP contribution in [0.25, 0.3) is 0 Å². The minimum atomic E-state index is -0.694. The summed E-state index contributed by atoms with van der Waals surface area (Å²) in [6.45, 7) is 13.2. The number of carbonyl (C=O) groups is 2. The van der Waals surface area contributed by atoms with Gasteiger partial charge < -0.3 is 9.47 Å². The molecule has 0 N–H and O–H groups in total. The Labute approximate surface area is 248 Å². The molecule has 4 aromatic carbocycles. The zero-order chi connectivity index (χ0) is 29.8. The van der Waals surface area contributed by atoms with Gasteiger partial charge in [-0.05, 0) is 68.5 Å². The van der Waals surface area contributed by atoms with Crippen molar-refractivity contribution in [1.29, 1.82) is 0 Å². The summed E-state index contributed by atoms with van der Waals surface area (Å²) in [6.07, 6.45) is -1.38. The lowest BCUT2D eigenvalue weighted by Gasteiger charge is -2.49. The number of rotatable bonds is 4. The van der Waals surface area contributed by atoms with Crippen molar-refractivity contribution in [2.75, 3.05) is 0 Å². The second-order valence-electron chi connectivity index (χ2n) is 13.6. The highest BCUT2D eigenvalue weighted by Gasteiger charge is 2.54. The molecule has 0 fully saturated rings. The molecule has 0 saturated heterocycles. The lowest BCUT2D eigenvalue weighted by Crippen LogP contribution is -2.51. The molecule has 0 radical (unpaired) electrons. The maximum absolute atomic E-state index is 13.6. The van der Waals surface area contributed by atoms with Crippen LogP contribution in [0.15, 0.2) is 97.1 Å². The fraction of sp³-hybridized carbons (Fsp3) is 0.316. The summed E-state index contributed by atoms with van der Waals surface area (Å²) < 4.78 is 12.8. The minimum Gasteiger partial charge on any atom is -0.454 e. The number of ether oxygens (including phenoxy) is 2. The van der Waals surface area contributed by atoms with Gasteiger partial charge in [-0.2, -0.15) is 0 Å². The third-order valence-electron chi connectivity index (χ3n) is 8.73. The molecule has 0 aromatic heterocycles. The molecule has 42 heavy (non-hydrogen) atoms. The van der Waals surface area contributed by atoms with E-state index in [1.807, 2.05) is 36.4 Å². The van der Waals surface area contributed by atoms with Gasteiger partial charge in [0.2, 0.25) is 0 Å². The number of hydrogen-bond donors (Lipinski definition) is 0. The Balaban J connectivity index is 1.54. The summed E-state index contributed by atoms with van der Waals surface area (Å²) >= 11 is 0. The third-order valence-corrected chi connectivity index (χ3v) is 8.73. The summed E-state index contributed by atoms with van der Waals surface area (Å²) in [5.41, 5.74) is 7.80. The van der Waals surface area contributed by atoms with Gasteiger partial charge in [0.15, 0.2) is 12.2 Å². The van der Waals surface area contributed by atoms with E-state index in [0.717, 1.165) is 22.3 Å². The molecule has 2 atom stereocenters. The van der Waals surface area contributed by atoms with Gasteiger partial charge in [0, 0.05) is 0 Å². The second kappa shape index (κ2) is 10.3. The average Bonchev–Trinajstić information content (AvgIpc) is 2.97. The molecule has 4 heteroatoms. The summed E-state index contributed by atoms with van der Waals surface area (Å²) in [6, 6.07) is 31.4. The molecule has 4 nitrogen and oxygen atoms in total. The Kier molecular flexibility index (Phi) is 6.84. The van der Waals surface area contributed by atoms with Crippen molar-refractivity contribution in [3.05, 3.63) is 142 Å². The van der Waals surface area contributed by atoms with Crippen molar-refractivity contribution in [2.45, 2.75) is 76.4 Å². The summed E-state index contributed by atoms with van der Waals surface area (Å²) in [5.74, 6) is -1.40. The first-order valence-corrected chi connectivity index (χ1v) is 14.7. The number of carbonyl (C=O) groups excluding carboxylic acids is 2. The fourth-order valence-electron chi connectivity index (χ4n) is 6.41. The molecule has 3 aliphatic carbocycles. The van der Waals surface area contributed by atoms with Crippen LogP contribution in [0.2, 0.25) is 0 Å². The number of hydrogen-bond acceptors (Lipinski definition) is 4. The Bertz CT molecular complexity index is 1580. The lowest BCUT2D eigenvalue weighted by molar-refractivity contribution is -0.0558. The highest BCUT2D eigenvalue weighted by atomic mass is 16.6. The maximum atomic E-state index is 13.6. The van der Waals surface area contributed by atoms with E-state index in [-0.39, 0.29) is 22.7 Å². The van der Waals surface area contributed by atoms with Gasteiger partial charge in [0.05, 0.1) is 23.0 Å². The van der Waals surface area contributed by atoms with Crippen molar-refractivity contribution < 1.29 is 19.1 Å². The normalized spacial score (nSPS) is 20.8. The summed E-state index contributed by atoms with van der Waals surface area (Å²) in [7, 11) is 0. The predicted molar refractivity (Wildman–Crippen MR) is 165 cm³/mol. The minimum absolute atomic E-state index is 0.0583. The molecule has 0 amide bonds. The van der Waals surface area contributed by atoms with Crippen LogP contribution in [0.4, 0.5) is 0 Å². The van der Waals surface area contributed by atoms with Gasteiger partial charge in [-0.3, -0.25) is 0 Å². The van der Waals surface area contributed by atoms with Gasteiger partial charge in [-0.15, -0.1) is 0 Å².